The topological polar surface area (TPSA) is 87.3 Å². The van der Waals surface area contributed by atoms with Gasteiger partial charge in [-0.05, 0) is 62.4 Å². The van der Waals surface area contributed by atoms with Crippen LogP contribution in [0.1, 0.15) is 44.9 Å². The molecule has 3 N–H and O–H groups in total. The van der Waals surface area contributed by atoms with Crippen molar-refractivity contribution in [3.8, 4) is 0 Å². The quantitative estimate of drug-likeness (QED) is 0.431. The number of amides is 3. The van der Waals surface area contributed by atoms with Gasteiger partial charge in [0.25, 0.3) is 17.7 Å². The SMILES string of the molecule is C/C=C\C=C(/C)NC(=O)c1cc(C(=O)Nc2ccccc2)cc(C(=O)Nc2ccccc2)c1. The van der Waals surface area contributed by atoms with E-state index in [1.54, 1.807) is 67.6 Å². The number of rotatable bonds is 7. The van der Waals surface area contributed by atoms with Gasteiger partial charge in [0.15, 0.2) is 0 Å². The number of allylic oxidation sites excluding steroid dienone is 4. The van der Waals surface area contributed by atoms with Crippen molar-refractivity contribution in [1.29, 1.82) is 0 Å². The summed E-state index contributed by atoms with van der Waals surface area (Å²) in [6, 6.07) is 22.3. The smallest absolute Gasteiger partial charge is 0.255 e. The van der Waals surface area contributed by atoms with Gasteiger partial charge in [-0.15, -0.1) is 0 Å². The molecule has 3 aromatic carbocycles. The summed E-state index contributed by atoms with van der Waals surface area (Å²) in [7, 11) is 0. The molecule has 0 saturated carbocycles. The average Bonchev–Trinajstić information content (AvgIpc) is 2.83. The predicted octanol–water partition coefficient (Wildman–Crippen LogP) is 5.40. The number of anilines is 2. The van der Waals surface area contributed by atoms with Crippen LogP contribution in [-0.4, -0.2) is 17.7 Å². The number of para-hydroxylation sites is 2. The molecule has 0 spiro atoms. The molecule has 0 aliphatic heterocycles. The lowest BCUT2D eigenvalue weighted by Gasteiger charge is -2.12. The minimum atomic E-state index is -0.425. The molecule has 3 amide bonds. The van der Waals surface area contributed by atoms with Gasteiger partial charge in [0.2, 0.25) is 0 Å². The van der Waals surface area contributed by atoms with Crippen molar-refractivity contribution >= 4 is 29.1 Å². The van der Waals surface area contributed by atoms with Gasteiger partial charge in [-0.3, -0.25) is 14.4 Å². The molecule has 0 saturated heterocycles. The van der Waals surface area contributed by atoms with Gasteiger partial charge in [-0.1, -0.05) is 48.6 Å². The molecule has 3 aromatic rings. The normalized spacial score (nSPS) is 11.2. The van der Waals surface area contributed by atoms with Crippen LogP contribution in [0.2, 0.25) is 0 Å². The van der Waals surface area contributed by atoms with Gasteiger partial charge in [-0.2, -0.15) is 0 Å². The lowest BCUT2D eigenvalue weighted by atomic mass is 10.0. The summed E-state index contributed by atoms with van der Waals surface area (Å²) < 4.78 is 0. The third-order valence-corrected chi connectivity index (χ3v) is 4.63. The average molecular weight is 440 g/mol. The Hall–Kier alpha value is -4.45. The molecule has 0 aliphatic rings. The lowest BCUT2D eigenvalue weighted by molar-refractivity contribution is 0.0966. The number of benzene rings is 3. The Morgan fingerprint density at radius 2 is 1.09 bits per heavy atom. The van der Waals surface area contributed by atoms with E-state index in [0.717, 1.165) is 0 Å². The third-order valence-electron chi connectivity index (χ3n) is 4.63. The highest BCUT2D eigenvalue weighted by Gasteiger charge is 2.17. The first kappa shape index (κ1) is 23.2. The highest BCUT2D eigenvalue weighted by atomic mass is 16.2. The molecular formula is C27H25N3O3. The van der Waals surface area contributed by atoms with Crippen LogP contribution >= 0.6 is 0 Å². The predicted molar refractivity (Wildman–Crippen MR) is 131 cm³/mol. The maximum Gasteiger partial charge on any atom is 0.255 e. The second-order valence-corrected chi connectivity index (χ2v) is 7.27. The molecule has 0 aromatic heterocycles. The standard InChI is InChI=1S/C27H25N3O3/c1-3-4-11-19(2)28-25(31)20-16-21(26(32)29-23-12-7-5-8-13-23)18-22(17-20)27(33)30-24-14-9-6-10-15-24/h3-18H,1-2H3,(H,28,31)(H,29,32)(H,30,33)/b4-3-,19-11+. The number of hydrogen-bond acceptors (Lipinski definition) is 3. The van der Waals surface area contributed by atoms with Crippen LogP contribution in [0.25, 0.3) is 0 Å². The Morgan fingerprint density at radius 3 is 1.52 bits per heavy atom. The van der Waals surface area contributed by atoms with E-state index < -0.39 is 17.7 Å². The van der Waals surface area contributed by atoms with Crippen LogP contribution in [-0.2, 0) is 0 Å². The van der Waals surface area contributed by atoms with Crippen LogP contribution < -0.4 is 16.0 Å². The third kappa shape index (κ3) is 6.77. The summed E-state index contributed by atoms with van der Waals surface area (Å²) >= 11 is 0. The van der Waals surface area contributed by atoms with E-state index in [4.69, 9.17) is 0 Å². The largest absolute Gasteiger partial charge is 0.326 e. The fourth-order valence-electron chi connectivity index (χ4n) is 3.00. The molecule has 166 valence electrons. The molecule has 0 unspecified atom stereocenters. The van der Waals surface area contributed by atoms with E-state index in [9.17, 15) is 14.4 Å². The molecule has 0 atom stereocenters. The van der Waals surface area contributed by atoms with Crippen LogP contribution in [0.4, 0.5) is 11.4 Å². The molecule has 0 radical (unpaired) electrons. The zero-order valence-corrected chi connectivity index (χ0v) is 18.5. The second kappa shape index (κ2) is 11.2. The Balaban J connectivity index is 1.93. The van der Waals surface area contributed by atoms with E-state index in [1.807, 2.05) is 25.1 Å². The van der Waals surface area contributed by atoms with Crippen molar-refractivity contribution in [2.45, 2.75) is 13.8 Å². The van der Waals surface area contributed by atoms with Gasteiger partial charge < -0.3 is 16.0 Å². The van der Waals surface area contributed by atoms with Crippen LogP contribution in [0.3, 0.4) is 0 Å². The first-order valence-corrected chi connectivity index (χ1v) is 10.4. The first-order valence-electron chi connectivity index (χ1n) is 10.4. The number of nitrogens with one attached hydrogen (secondary N) is 3. The van der Waals surface area contributed by atoms with Gasteiger partial charge in [0, 0.05) is 33.8 Å². The Kier molecular flexibility index (Phi) is 7.91. The fraction of sp³-hybridized carbons (Fsp3) is 0.0741. The molecule has 0 bridgehead atoms. The maximum absolute atomic E-state index is 12.9. The molecular weight excluding hydrogens is 414 g/mol. The van der Waals surface area contributed by atoms with Crippen LogP contribution in [0.15, 0.2) is 103 Å². The van der Waals surface area contributed by atoms with Gasteiger partial charge in [-0.25, -0.2) is 0 Å². The van der Waals surface area contributed by atoms with Gasteiger partial charge in [0.1, 0.15) is 0 Å². The summed E-state index contributed by atoms with van der Waals surface area (Å²) in [6.07, 6.45) is 5.40. The Labute approximate surface area is 193 Å². The summed E-state index contributed by atoms with van der Waals surface area (Å²) in [5.41, 5.74) is 2.44. The van der Waals surface area contributed by atoms with Crippen LogP contribution in [0.5, 0.6) is 0 Å². The van der Waals surface area contributed by atoms with E-state index in [1.165, 1.54) is 18.2 Å². The van der Waals surface area contributed by atoms with Crippen molar-refractivity contribution in [1.82, 2.24) is 5.32 Å². The lowest BCUT2D eigenvalue weighted by Crippen LogP contribution is -2.23. The maximum atomic E-state index is 12.9. The van der Waals surface area contributed by atoms with Crippen molar-refractivity contribution in [3.63, 3.8) is 0 Å². The molecule has 3 rings (SSSR count). The van der Waals surface area contributed by atoms with Gasteiger partial charge in [0.05, 0.1) is 0 Å². The Morgan fingerprint density at radius 1 is 0.667 bits per heavy atom. The fourth-order valence-corrected chi connectivity index (χ4v) is 3.00. The summed E-state index contributed by atoms with van der Waals surface area (Å²) in [5, 5.41) is 8.34. The van der Waals surface area contributed by atoms with Crippen molar-refractivity contribution in [2.75, 3.05) is 10.6 Å². The number of carbonyl (C=O) groups excluding carboxylic acids is 3. The van der Waals surface area contributed by atoms with Crippen molar-refractivity contribution in [3.05, 3.63) is 119 Å². The molecule has 6 heteroatoms. The highest BCUT2D eigenvalue weighted by molar-refractivity contribution is 6.11. The number of carbonyl (C=O) groups is 3. The first-order chi connectivity index (χ1) is 16.0. The molecule has 33 heavy (non-hydrogen) atoms. The summed E-state index contributed by atoms with van der Waals surface area (Å²) in [5.74, 6) is -1.27. The van der Waals surface area contributed by atoms with Gasteiger partial charge >= 0.3 is 0 Å². The summed E-state index contributed by atoms with van der Waals surface area (Å²) in [4.78, 5) is 38.6. The molecule has 0 aliphatic carbocycles. The number of hydrogen-bond donors (Lipinski definition) is 3. The minimum Gasteiger partial charge on any atom is -0.326 e. The zero-order chi connectivity index (χ0) is 23.6. The summed E-state index contributed by atoms with van der Waals surface area (Å²) in [6.45, 7) is 3.63. The minimum absolute atomic E-state index is 0.194. The molecule has 6 nitrogen and oxygen atoms in total. The van der Waals surface area contributed by atoms with E-state index in [-0.39, 0.29) is 16.7 Å². The highest BCUT2D eigenvalue weighted by Crippen LogP contribution is 2.16. The van der Waals surface area contributed by atoms with E-state index >= 15 is 0 Å². The molecule has 0 fully saturated rings. The van der Waals surface area contributed by atoms with Crippen LogP contribution in [0, 0.1) is 0 Å². The molecule has 0 heterocycles. The van der Waals surface area contributed by atoms with E-state index in [0.29, 0.717) is 17.1 Å². The van der Waals surface area contributed by atoms with Crippen molar-refractivity contribution in [2.24, 2.45) is 0 Å². The monoisotopic (exact) mass is 439 g/mol. The Bertz CT molecular complexity index is 1130. The van der Waals surface area contributed by atoms with Crippen molar-refractivity contribution < 1.29 is 14.4 Å². The second-order valence-electron chi connectivity index (χ2n) is 7.27. The van der Waals surface area contributed by atoms with E-state index in [2.05, 4.69) is 16.0 Å². The zero-order valence-electron chi connectivity index (χ0n) is 18.5.